The van der Waals surface area contributed by atoms with Crippen LogP contribution in [-0.2, 0) is 6.54 Å². The Hall–Kier alpha value is -1.94. The third kappa shape index (κ3) is 2.84. The quantitative estimate of drug-likeness (QED) is 0.892. The van der Waals surface area contributed by atoms with Gasteiger partial charge < -0.3 is 10.6 Å². The molecule has 0 aliphatic carbocycles. The van der Waals surface area contributed by atoms with E-state index in [-0.39, 0.29) is 6.04 Å². The Morgan fingerprint density at radius 2 is 2.06 bits per heavy atom. The van der Waals surface area contributed by atoms with Crippen molar-refractivity contribution >= 4 is 5.82 Å². The van der Waals surface area contributed by atoms with Crippen LogP contribution in [0.3, 0.4) is 0 Å². The van der Waals surface area contributed by atoms with Crippen molar-refractivity contribution in [3.05, 3.63) is 54.0 Å². The van der Waals surface area contributed by atoms with Crippen LogP contribution in [0.2, 0.25) is 0 Å². The number of rotatable bonds is 4. The molecule has 0 saturated heterocycles. The summed E-state index contributed by atoms with van der Waals surface area (Å²) in [5.74, 6) is 0.927. The molecule has 2 aromatic rings. The average Bonchev–Trinajstić information content (AvgIpc) is 2.40. The molecule has 0 fully saturated rings. The van der Waals surface area contributed by atoms with Gasteiger partial charge in [-0.1, -0.05) is 12.1 Å². The summed E-state index contributed by atoms with van der Waals surface area (Å²) in [5, 5.41) is 0. The molecule has 0 saturated carbocycles. The Morgan fingerprint density at radius 1 is 1.28 bits per heavy atom. The highest BCUT2D eigenvalue weighted by atomic mass is 15.2. The van der Waals surface area contributed by atoms with Crippen molar-refractivity contribution in [3.8, 4) is 0 Å². The molecule has 2 aromatic heterocycles. The van der Waals surface area contributed by atoms with Crippen LogP contribution in [-0.4, -0.2) is 17.0 Å². The molecule has 4 nitrogen and oxygen atoms in total. The number of anilines is 1. The SMILES string of the molecule is C[C@@H](N)c1cccnc1N(C)Cc1cccnc1. The first-order valence-electron chi connectivity index (χ1n) is 5.99. The van der Waals surface area contributed by atoms with Crippen molar-refractivity contribution in [2.45, 2.75) is 19.5 Å². The highest BCUT2D eigenvalue weighted by Gasteiger charge is 2.11. The van der Waals surface area contributed by atoms with E-state index < -0.39 is 0 Å². The zero-order valence-corrected chi connectivity index (χ0v) is 10.7. The highest BCUT2D eigenvalue weighted by molar-refractivity contribution is 5.47. The van der Waals surface area contributed by atoms with Gasteiger partial charge in [0.25, 0.3) is 0 Å². The molecule has 0 amide bonds. The fourth-order valence-corrected chi connectivity index (χ4v) is 1.92. The Bertz CT molecular complexity index is 496. The first kappa shape index (κ1) is 12.5. The predicted molar refractivity (Wildman–Crippen MR) is 73.2 cm³/mol. The second-order valence-electron chi connectivity index (χ2n) is 4.42. The predicted octanol–water partition coefficient (Wildman–Crippen LogP) is 2.13. The standard InChI is InChI=1S/C14H18N4/c1-11(15)13-6-4-8-17-14(13)18(2)10-12-5-3-7-16-9-12/h3-9,11H,10,15H2,1-2H3/t11-/m1/s1. The summed E-state index contributed by atoms with van der Waals surface area (Å²) in [6.07, 6.45) is 5.43. The van der Waals surface area contributed by atoms with Gasteiger partial charge in [-0.3, -0.25) is 4.98 Å². The Morgan fingerprint density at radius 3 is 2.72 bits per heavy atom. The molecule has 2 heterocycles. The van der Waals surface area contributed by atoms with Crippen LogP contribution in [0.1, 0.15) is 24.1 Å². The second kappa shape index (κ2) is 5.60. The monoisotopic (exact) mass is 242 g/mol. The van der Waals surface area contributed by atoms with Crippen molar-refractivity contribution in [2.75, 3.05) is 11.9 Å². The summed E-state index contributed by atoms with van der Waals surface area (Å²) < 4.78 is 0. The Balaban J connectivity index is 2.21. The fourth-order valence-electron chi connectivity index (χ4n) is 1.92. The van der Waals surface area contributed by atoms with Crippen LogP contribution < -0.4 is 10.6 Å². The van der Waals surface area contributed by atoms with E-state index in [1.54, 1.807) is 12.4 Å². The summed E-state index contributed by atoms with van der Waals surface area (Å²) in [7, 11) is 2.02. The van der Waals surface area contributed by atoms with E-state index in [4.69, 9.17) is 5.73 Å². The first-order chi connectivity index (χ1) is 8.68. The van der Waals surface area contributed by atoms with E-state index >= 15 is 0 Å². The minimum absolute atomic E-state index is 0.0231. The van der Waals surface area contributed by atoms with Gasteiger partial charge in [-0.05, 0) is 24.6 Å². The topological polar surface area (TPSA) is 55.0 Å². The number of hydrogen-bond donors (Lipinski definition) is 1. The van der Waals surface area contributed by atoms with E-state index in [0.717, 1.165) is 23.5 Å². The first-order valence-corrected chi connectivity index (χ1v) is 5.99. The van der Waals surface area contributed by atoms with E-state index in [2.05, 4.69) is 20.9 Å². The molecule has 0 unspecified atom stereocenters. The Labute approximate surface area is 107 Å². The highest BCUT2D eigenvalue weighted by Crippen LogP contribution is 2.22. The van der Waals surface area contributed by atoms with Crippen molar-refractivity contribution in [3.63, 3.8) is 0 Å². The zero-order chi connectivity index (χ0) is 13.0. The van der Waals surface area contributed by atoms with Gasteiger partial charge >= 0.3 is 0 Å². The summed E-state index contributed by atoms with van der Waals surface area (Å²) >= 11 is 0. The number of pyridine rings is 2. The van der Waals surface area contributed by atoms with E-state index in [9.17, 15) is 0 Å². The molecular formula is C14H18N4. The van der Waals surface area contributed by atoms with Crippen LogP contribution in [0.5, 0.6) is 0 Å². The summed E-state index contributed by atoms with van der Waals surface area (Å²) in [5.41, 5.74) is 8.18. The maximum absolute atomic E-state index is 5.97. The number of aromatic nitrogens is 2. The third-order valence-corrected chi connectivity index (χ3v) is 2.81. The van der Waals surface area contributed by atoms with Crippen molar-refractivity contribution in [2.24, 2.45) is 5.73 Å². The van der Waals surface area contributed by atoms with Gasteiger partial charge in [-0.25, -0.2) is 4.98 Å². The van der Waals surface area contributed by atoms with Crippen LogP contribution in [0, 0.1) is 0 Å². The van der Waals surface area contributed by atoms with Gasteiger partial charge in [0.2, 0.25) is 0 Å². The van der Waals surface area contributed by atoms with Crippen LogP contribution >= 0.6 is 0 Å². The number of nitrogens with two attached hydrogens (primary N) is 1. The van der Waals surface area contributed by atoms with Crippen molar-refractivity contribution < 1.29 is 0 Å². The average molecular weight is 242 g/mol. The molecule has 2 rings (SSSR count). The molecular weight excluding hydrogens is 224 g/mol. The number of hydrogen-bond acceptors (Lipinski definition) is 4. The van der Waals surface area contributed by atoms with Gasteiger partial charge in [0, 0.05) is 43.8 Å². The molecule has 18 heavy (non-hydrogen) atoms. The lowest BCUT2D eigenvalue weighted by Gasteiger charge is -2.22. The van der Waals surface area contributed by atoms with E-state index in [1.165, 1.54) is 0 Å². The lowest BCUT2D eigenvalue weighted by Crippen LogP contribution is -2.21. The molecule has 0 bridgehead atoms. The maximum atomic E-state index is 5.97. The normalized spacial score (nSPS) is 12.2. The van der Waals surface area contributed by atoms with Gasteiger partial charge in [0.1, 0.15) is 5.82 Å². The van der Waals surface area contributed by atoms with Crippen LogP contribution in [0.15, 0.2) is 42.9 Å². The van der Waals surface area contributed by atoms with Crippen molar-refractivity contribution in [1.82, 2.24) is 9.97 Å². The maximum Gasteiger partial charge on any atom is 0.133 e. The molecule has 2 N–H and O–H groups in total. The van der Waals surface area contributed by atoms with Gasteiger partial charge in [0.05, 0.1) is 0 Å². The van der Waals surface area contributed by atoms with Crippen molar-refractivity contribution in [1.29, 1.82) is 0 Å². The number of nitrogens with zero attached hydrogens (tertiary/aromatic N) is 3. The molecule has 1 atom stereocenters. The molecule has 94 valence electrons. The second-order valence-corrected chi connectivity index (χ2v) is 4.42. The molecule has 0 spiro atoms. The van der Waals surface area contributed by atoms with Crippen LogP contribution in [0.25, 0.3) is 0 Å². The molecule has 0 aliphatic heterocycles. The third-order valence-electron chi connectivity index (χ3n) is 2.81. The largest absolute Gasteiger partial charge is 0.355 e. The molecule has 0 aromatic carbocycles. The summed E-state index contributed by atoms with van der Waals surface area (Å²) in [4.78, 5) is 10.6. The molecule has 0 aliphatic rings. The smallest absolute Gasteiger partial charge is 0.133 e. The zero-order valence-electron chi connectivity index (χ0n) is 10.7. The summed E-state index contributed by atoms with van der Waals surface area (Å²) in [6.45, 7) is 2.74. The summed E-state index contributed by atoms with van der Waals surface area (Å²) in [6, 6.07) is 7.91. The van der Waals surface area contributed by atoms with E-state index in [1.807, 2.05) is 38.4 Å². The van der Waals surface area contributed by atoms with Gasteiger partial charge in [-0.2, -0.15) is 0 Å². The Kier molecular flexibility index (Phi) is 3.89. The minimum Gasteiger partial charge on any atom is -0.355 e. The molecule has 4 heteroatoms. The van der Waals surface area contributed by atoms with Gasteiger partial charge in [0.15, 0.2) is 0 Å². The van der Waals surface area contributed by atoms with E-state index in [0.29, 0.717) is 0 Å². The lowest BCUT2D eigenvalue weighted by atomic mass is 10.1. The van der Waals surface area contributed by atoms with Crippen LogP contribution in [0.4, 0.5) is 5.82 Å². The lowest BCUT2D eigenvalue weighted by molar-refractivity contribution is 0.788. The molecule has 0 radical (unpaired) electrons. The van der Waals surface area contributed by atoms with Gasteiger partial charge in [-0.15, -0.1) is 0 Å². The fraction of sp³-hybridized carbons (Fsp3) is 0.286. The minimum atomic E-state index is -0.0231.